The third-order valence-corrected chi connectivity index (χ3v) is 6.69. The minimum atomic E-state index is -4.13. The van der Waals surface area contributed by atoms with Gasteiger partial charge in [0.15, 0.2) is 0 Å². The van der Waals surface area contributed by atoms with Crippen LogP contribution < -0.4 is 0 Å². The van der Waals surface area contributed by atoms with E-state index in [0.29, 0.717) is 11.1 Å². The molecule has 10 heteroatoms. The normalized spacial score (nSPS) is 15.8. The van der Waals surface area contributed by atoms with Gasteiger partial charge in [-0.2, -0.15) is 4.31 Å². The first kappa shape index (κ1) is 20.0. The first-order valence-corrected chi connectivity index (χ1v) is 10.1. The SMILES string of the molecule is O=C(c1cc(Cl)ccc1Cl)N1CCN(S(=O)(=O)c2ccc(F)cc2F)CC1. The van der Waals surface area contributed by atoms with Gasteiger partial charge < -0.3 is 4.90 Å². The quantitative estimate of drug-likeness (QED) is 0.743. The van der Waals surface area contributed by atoms with E-state index in [4.69, 9.17) is 23.2 Å². The van der Waals surface area contributed by atoms with Crippen LogP contribution in [-0.4, -0.2) is 49.7 Å². The van der Waals surface area contributed by atoms with Gasteiger partial charge in [0.05, 0.1) is 10.6 Å². The molecule has 0 spiro atoms. The summed E-state index contributed by atoms with van der Waals surface area (Å²) in [6.45, 7) is 0.152. The lowest BCUT2D eigenvalue weighted by molar-refractivity contribution is 0.0698. The molecule has 144 valence electrons. The molecule has 0 unspecified atom stereocenters. The van der Waals surface area contributed by atoms with Crippen LogP contribution in [0.25, 0.3) is 0 Å². The zero-order valence-electron chi connectivity index (χ0n) is 13.8. The van der Waals surface area contributed by atoms with E-state index in [2.05, 4.69) is 0 Å². The second-order valence-electron chi connectivity index (χ2n) is 5.90. The van der Waals surface area contributed by atoms with Crippen molar-refractivity contribution in [3.8, 4) is 0 Å². The van der Waals surface area contributed by atoms with Gasteiger partial charge in [-0.3, -0.25) is 4.79 Å². The number of hydrogen-bond acceptors (Lipinski definition) is 3. The van der Waals surface area contributed by atoms with Crippen molar-refractivity contribution in [1.82, 2.24) is 9.21 Å². The molecule has 1 heterocycles. The van der Waals surface area contributed by atoms with E-state index in [1.54, 1.807) is 6.07 Å². The van der Waals surface area contributed by atoms with Crippen molar-refractivity contribution >= 4 is 39.1 Å². The summed E-state index contributed by atoms with van der Waals surface area (Å²) >= 11 is 11.9. The summed E-state index contributed by atoms with van der Waals surface area (Å²) in [6, 6.07) is 6.81. The number of carbonyl (C=O) groups is 1. The highest BCUT2D eigenvalue weighted by molar-refractivity contribution is 7.89. The Morgan fingerprint density at radius 2 is 1.63 bits per heavy atom. The molecular formula is C17H14Cl2F2N2O3S. The molecule has 1 saturated heterocycles. The molecule has 1 amide bonds. The van der Waals surface area contributed by atoms with Crippen molar-refractivity contribution in [1.29, 1.82) is 0 Å². The smallest absolute Gasteiger partial charge is 0.255 e. The van der Waals surface area contributed by atoms with Gasteiger partial charge >= 0.3 is 0 Å². The molecule has 1 aliphatic rings. The van der Waals surface area contributed by atoms with E-state index >= 15 is 0 Å². The molecule has 0 atom stereocenters. The number of piperazine rings is 1. The highest BCUT2D eigenvalue weighted by Gasteiger charge is 2.32. The number of benzene rings is 2. The molecular weight excluding hydrogens is 421 g/mol. The van der Waals surface area contributed by atoms with Crippen LogP contribution in [0.4, 0.5) is 8.78 Å². The fourth-order valence-corrected chi connectivity index (χ4v) is 4.62. The lowest BCUT2D eigenvalue weighted by Gasteiger charge is -2.34. The Morgan fingerprint density at radius 3 is 2.26 bits per heavy atom. The average Bonchev–Trinajstić information content (AvgIpc) is 2.63. The van der Waals surface area contributed by atoms with E-state index in [-0.39, 0.29) is 42.7 Å². The highest BCUT2D eigenvalue weighted by atomic mass is 35.5. The lowest BCUT2D eigenvalue weighted by Crippen LogP contribution is -2.50. The van der Waals surface area contributed by atoms with Crippen LogP contribution in [0.3, 0.4) is 0 Å². The number of halogens is 4. The largest absolute Gasteiger partial charge is 0.336 e. The fourth-order valence-electron chi connectivity index (χ4n) is 2.79. The number of sulfonamides is 1. The Kier molecular flexibility index (Phi) is 5.71. The zero-order valence-corrected chi connectivity index (χ0v) is 16.2. The van der Waals surface area contributed by atoms with E-state index in [1.807, 2.05) is 0 Å². The zero-order chi connectivity index (χ0) is 19.8. The summed E-state index contributed by atoms with van der Waals surface area (Å²) in [5, 5.41) is 0.601. The Hall–Kier alpha value is -1.74. The average molecular weight is 435 g/mol. The molecule has 27 heavy (non-hydrogen) atoms. The summed E-state index contributed by atoms with van der Waals surface area (Å²) < 4.78 is 53.1. The molecule has 0 aromatic heterocycles. The molecule has 0 bridgehead atoms. The van der Waals surface area contributed by atoms with Crippen LogP contribution in [0, 0.1) is 11.6 Å². The molecule has 1 aliphatic heterocycles. The van der Waals surface area contributed by atoms with Crippen molar-refractivity contribution in [2.75, 3.05) is 26.2 Å². The van der Waals surface area contributed by atoms with Crippen LogP contribution in [0.1, 0.15) is 10.4 Å². The van der Waals surface area contributed by atoms with Crippen molar-refractivity contribution in [3.05, 3.63) is 63.6 Å². The topological polar surface area (TPSA) is 57.7 Å². The second-order valence-corrected chi connectivity index (χ2v) is 8.65. The van der Waals surface area contributed by atoms with Crippen LogP contribution in [0.2, 0.25) is 10.0 Å². The van der Waals surface area contributed by atoms with Gasteiger partial charge in [-0.15, -0.1) is 0 Å². The van der Waals surface area contributed by atoms with Gasteiger partial charge in [0.1, 0.15) is 16.5 Å². The summed E-state index contributed by atoms with van der Waals surface area (Å²) in [5.41, 5.74) is 0.227. The molecule has 1 fully saturated rings. The summed E-state index contributed by atoms with van der Waals surface area (Å²) in [4.78, 5) is 13.5. The molecule has 0 radical (unpaired) electrons. The molecule has 3 rings (SSSR count). The maximum atomic E-state index is 13.9. The first-order valence-electron chi connectivity index (χ1n) is 7.89. The lowest BCUT2D eigenvalue weighted by atomic mass is 10.2. The minimum Gasteiger partial charge on any atom is -0.336 e. The molecule has 2 aromatic carbocycles. The molecule has 0 saturated carbocycles. The molecule has 0 aliphatic carbocycles. The first-order chi connectivity index (χ1) is 12.7. The van der Waals surface area contributed by atoms with Crippen LogP contribution in [0.15, 0.2) is 41.3 Å². The number of carbonyl (C=O) groups excluding carboxylic acids is 1. The predicted octanol–water partition coefficient (Wildman–Crippen LogP) is 3.42. The van der Waals surface area contributed by atoms with Crippen molar-refractivity contribution in [2.45, 2.75) is 4.90 Å². The summed E-state index contributed by atoms with van der Waals surface area (Å²) in [6.07, 6.45) is 0. The van der Waals surface area contributed by atoms with E-state index in [1.165, 1.54) is 17.0 Å². The Bertz CT molecular complexity index is 994. The summed E-state index contributed by atoms with van der Waals surface area (Å²) in [5.74, 6) is -2.38. The number of hydrogen-bond donors (Lipinski definition) is 0. The Labute approximate surface area is 165 Å². The second kappa shape index (κ2) is 7.71. The van der Waals surface area contributed by atoms with Gasteiger partial charge in [-0.05, 0) is 30.3 Å². The monoisotopic (exact) mass is 434 g/mol. The van der Waals surface area contributed by atoms with Crippen molar-refractivity contribution in [3.63, 3.8) is 0 Å². The number of nitrogens with zero attached hydrogens (tertiary/aromatic N) is 2. The third-order valence-electron chi connectivity index (χ3n) is 4.20. The molecule has 5 nitrogen and oxygen atoms in total. The Balaban J connectivity index is 1.75. The molecule has 2 aromatic rings. The Morgan fingerprint density at radius 1 is 0.963 bits per heavy atom. The van der Waals surface area contributed by atoms with E-state index in [9.17, 15) is 22.0 Å². The van der Waals surface area contributed by atoms with Crippen LogP contribution in [-0.2, 0) is 10.0 Å². The van der Waals surface area contributed by atoms with Crippen molar-refractivity contribution < 1.29 is 22.0 Å². The van der Waals surface area contributed by atoms with Gasteiger partial charge in [0.25, 0.3) is 5.91 Å². The van der Waals surface area contributed by atoms with Crippen LogP contribution >= 0.6 is 23.2 Å². The van der Waals surface area contributed by atoms with Crippen LogP contribution in [0.5, 0.6) is 0 Å². The predicted molar refractivity (Wildman–Crippen MR) is 97.5 cm³/mol. The number of amides is 1. The molecule has 0 N–H and O–H groups in total. The maximum absolute atomic E-state index is 13.9. The third kappa shape index (κ3) is 4.08. The maximum Gasteiger partial charge on any atom is 0.255 e. The van der Waals surface area contributed by atoms with E-state index in [0.717, 1.165) is 16.4 Å². The van der Waals surface area contributed by atoms with Gasteiger partial charge in [-0.1, -0.05) is 23.2 Å². The highest BCUT2D eigenvalue weighted by Crippen LogP contribution is 2.25. The number of rotatable bonds is 3. The standard InChI is InChI=1S/C17H14Cl2F2N2O3S/c18-11-1-3-14(19)13(9-11)17(24)22-5-7-23(8-6-22)27(25,26)16-4-2-12(20)10-15(16)21/h1-4,9-10H,5-8H2. The fraction of sp³-hybridized carbons (Fsp3) is 0.235. The van der Waals surface area contributed by atoms with Gasteiger partial charge in [0.2, 0.25) is 10.0 Å². The minimum absolute atomic E-state index is 0.0247. The van der Waals surface area contributed by atoms with Gasteiger partial charge in [-0.25, -0.2) is 17.2 Å². The summed E-state index contributed by atoms with van der Waals surface area (Å²) in [7, 11) is -4.13. The van der Waals surface area contributed by atoms with Gasteiger partial charge in [0, 0.05) is 37.3 Å². The van der Waals surface area contributed by atoms with Crippen molar-refractivity contribution in [2.24, 2.45) is 0 Å². The van der Waals surface area contributed by atoms with E-state index < -0.39 is 26.6 Å².